The maximum atomic E-state index is 12.1. The lowest BCUT2D eigenvalue weighted by atomic mass is 9.97. The fourth-order valence-corrected chi connectivity index (χ4v) is 2.97. The Morgan fingerprint density at radius 1 is 1.07 bits per heavy atom. The molecule has 28 heavy (non-hydrogen) atoms. The summed E-state index contributed by atoms with van der Waals surface area (Å²) >= 11 is 0. The van der Waals surface area contributed by atoms with E-state index < -0.39 is 16.8 Å². The van der Waals surface area contributed by atoms with Crippen LogP contribution in [0.3, 0.4) is 0 Å². The summed E-state index contributed by atoms with van der Waals surface area (Å²) in [5.41, 5.74) is 1.10. The number of hydrogen-bond acceptors (Lipinski definition) is 7. The third kappa shape index (κ3) is 2.90. The number of benzene rings is 2. The topological polar surface area (TPSA) is 111 Å². The van der Waals surface area contributed by atoms with E-state index in [1.807, 2.05) is 0 Å². The molecule has 1 heterocycles. The highest BCUT2D eigenvalue weighted by molar-refractivity contribution is 5.96. The molecule has 8 heteroatoms. The SMILES string of the molecule is COC(=O)c1ccc(Nc2c(-c3ccc4c(c3)OCC(=O)N4)c(=O)c2=O)cc1. The first-order chi connectivity index (χ1) is 13.5. The molecule has 4 rings (SSSR count). The van der Waals surface area contributed by atoms with Gasteiger partial charge in [-0.3, -0.25) is 14.4 Å². The lowest BCUT2D eigenvalue weighted by Gasteiger charge is -2.19. The molecule has 0 unspecified atom stereocenters. The van der Waals surface area contributed by atoms with Crippen molar-refractivity contribution in [2.24, 2.45) is 0 Å². The van der Waals surface area contributed by atoms with E-state index in [2.05, 4.69) is 15.4 Å². The van der Waals surface area contributed by atoms with E-state index in [4.69, 9.17) is 4.74 Å². The molecule has 1 aliphatic heterocycles. The van der Waals surface area contributed by atoms with Gasteiger partial charge in [0, 0.05) is 5.69 Å². The predicted octanol–water partition coefficient (Wildman–Crippen LogP) is 1.81. The molecule has 1 aliphatic rings. The standard InChI is InChI=1S/C20H14N2O6/c1-27-20(26)10-2-5-12(6-3-10)21-17-16(18(24)19(17)25)11-4-7-13-14(8-11)28-9-15(23)22-13/h2-8,21H,9H2,1H3,(H,22,23). The van der Waals surface area contributed by atoms with Crippen LogP contribution in [-0.2, 0) is 9.53 Å². The summed E-state index contributed by atoms with van der Waals surface area (Å²) in [5.74, 6) is -0.298. The molecule has 3 aromatic rings. The number of carbonyl (C=O) groups is 2. The zero-order valence-electron chi connectivity index (χ0n) is 14.7. The first-order valence-corrected chi connectivity index (χ1v) is 8.33. The molecule has 0 saturated carbocycles. The van der Waals surface area contributed by atoms with Gasteiger partial charge in [-0.05, 0) is 42.0 Å². The minimum absolute atomic E-state index is 0.111. The summed E-state index contributed by atoms with van der Waals surface area (Å²) in [6.07, 6.45) is 0. The van der Waals surface area contributed by atoms with Gasteiger partial charge in [0.05, 0.1) is 23.9 Å². The summed E-state index contributed by atoms with van der Waals surface area (Å²) < 4.78 is 10.0. The minimum Gasteiger partial charge on any atom is -0.482 e. The fourth-order valence-electron chi connectivity index (χ4n) is 2.97. The van der Waals surface area contributed by atoms with E-state index in [1.165, 1.54) is 7.11 Å². The van der Waals surface area contributed by atoms with E-state index in [9.17, 15) is 19.2 Å². The molecular weight excluding hydrogens is 364 g/mol. The van der Waals surface area contributed by atoms with Crippen LogP contribution in [0.4, 0.5) is 17.1 Å². The van der Waals surface area contributed by atoms with Gasteiger partial charge in [-0.25, -0.2) is 4.79 Å². The summed E-state index contributed by atoms with van der Waals surface area (Å²) in [5, 5.41) is 5.59. The van der Waals surface area contributed by atoms with Crippen LogP contribution in [0.25, 0.3) is 11.1 Å². The van der Waals surface area contributed by atoms with Crippen molar-refractivity contribution in [3.63, 3.8) is 0 Å². The van der Waals surface area contributed by atoms with Gasteiger partial charge in [-0.2, -0.15) is 0 Å². The Kier molecular flexibility index (Phi) is 4.15. The van der Waals surface area contributed by atoms with Crippen LogP contribution in [0.5, 0.6) is 5.75 Å². The third-order valence-electron chi connectivity index (χ3n) is 4.39. The van der Waals surface area contributed by atoms with Gasteiger partial charge in [0.25, 0.3) is 11.3 Å². The summed E-state index contributed by atoms with van der Waals surface area (Å²) in [7, 11) is 1.29. The maximum Gasteiger partial charge on any atom is 0.337 e. The lowest BCUT2D eigenvalue weighted by Crippen LogP contribution is -2.35. The van der Waals surface area contributed by atoms with Gasteiger partial charge < -0.3 is 20.1 Å². The smallest absolute Gasteiger partial charge is 0.337 e. The van der Waals surface area contributed by atoms with Gasteiger partial charge in [0.2, 0.25) is 5.43 Å². The van der Waals surface area contributed by atoms with E-state index in [0.29, 0.717) is 28.3 Å². The molecule has 3 aromatic carbocycles. The number of nitrogens with one attached hydrogen (secondary N) is 2. The molecule has 8 nitrogen and oxygen atoms in total. The number of amides is 1. The Hall–Kier alpha value is -3.94. The van der Waals surface area contributed by atoms with E-state index in [-0.39, 0.29) is 23.8 Å². The molecule has 2 N–H and O–H groups in total. The normalized spacial score (nSPS) is 12.7. The number of esters is 1. The molecule has 0 radical (unpaired) electrons. The van der Waals surface area contributed by atoms with Crippen molar-refractivity contribution in [3.05, 3.63) is 68.5 Å². The van der Waals surface area contributed by atoms with Crippen molar-refractivity contribution >= 4 is 28.9 Å². The first kappa shape index (κ1) is 17.5. The molecule has 0 spiro atoms. The van der Waals surface area contributed by atoms with Crippen molar-refractivity contribution in [2.75, 3.05) is 24.4 Å². The molecule has 140 valence electrons. The van der Waals surface area contributed by atoms with E-state index in [1.54, 1.807) is 42.5 Å². The number of fused-ring (bicyclic) bond motifs is 1. The Morgan fingerprint density at radius 3 is 2.54 bits per heavy atom. The molecule has 0 atom stereocenters. The van der Waals surface area contributed by atoms with Gasteiger partial charge in [-0.1, -0.05) is 6.07 Å². The van der Waals surface area contributed by atoms with Crippen molar-refractivity contribution in [2.45, 2.75) is 0 Å². The Labute approximate surface area is 158 Å². The Bertz CT molecular complexity index is 1170. The van der Waals surface area contributed by atoms with Gasteiger partial charge in [0.15, 0.2) is 6.61 Å². The first-order valence-electron chi connectivity index (χ1n) is 8.33. The van der Waals surface area contributed by atoms with Crippen molar-refractivity contribution in [1.29, 1.82) is 0 Å². The monoisotopic (exact) mass is 378 g/mol. The second kappa shape index (κ2) is 6.66. The van der Waals surface area contributed by atoms with Gasteiger partial charge >= 0.3 is 5.97 Å². The van der Waals surface area contributed by atoms with Crippen molar-refractivity contribution < 1.29 is 19.1 Å². The molecule has 0 saturated heterocycles. The quantitative estimate of drug-likeness (QED) is 0.526. The highest BCUT2D eigenvalue weighted by Crippen LogP contribution is 2.34. The predicted molar refractivity (Wildman–Crippen MR) is 102 cm³/mol. The van der Waals surface area contributed by atoms with Crippen LogP contribution in [0.15, 0.2) is 52.1 Å². The summed E-state index contributed by atoms with van der Waals surface area (Å²) in [6, 6.07) is 11.2. The largest absolute Gasteiger partial charge is 0.482 e. The number of carbonyl (C=O) groups excluding carboxylic acids is 2. The second-order valence-corrected chi connectivity index (χ2v) is 6.15. The number of hydrogen-bond donors (Lipinski definition) is 2. The molecular formula is C20H14N2O6. The number of methoxy groups -OCH3 is 1. The van der Waals surface area contributed by atoms with Crippen LogP contribution in [0.1, 0.15) is 10.4 Å². The molecule has 0 aromatic heterocycles. The highest BCUT2D eigenvalue weighted by atomic mass is 16.5. The molecule has 1 amide bonds. The highest BCUT2D eigenvalue weighted by Gasteiger charge is 2.24. The van der Waals surface area contributed by atoms with Crippen LogP contribution in [0, 0.1) is 0 Å². The average Bonchev–Trinajstić information content (AvgIpc) is 2.73. The van der Waals surface area contributed by atoms with Crippen LogP contribution in [-0.4, -0.2) is 25.6 Å². The zero-order valence-corrected chi connectivity index (χ0v) is 14.7. The van der Waals surface area contributed by atoms with E-state index >= 15 is 0 Å². The average molecular weight is 378 g/mol. The van der Waals surface area contributed by atoms with Crippen molar-refractivity contribution in [1.82, 2.24) is 0 Å². The number of anilines is 3. The molecule has 0 bridgehead atoms. The number of ether oxygens (including phenoxy) is 2. The van der Waals surface area contributed by atoms with Crippen LogP contribution in [0.2, 0.25) is 0 Å². The fraction of sp³-hybridized carbons (Fsp3) is 0.100. The minimum atomic E-state index is -0.626. The Morgan fingerprint density at radius 2 is 1.82 bits per heavy atom. The maximum absolute atomic E-state index is 12.1. The number of rotatable bonds is 4. The van der Waals surface area contributed by atoms with Crippen LogP contribution < -0.4 is 26.2 Å². The zero-order chi connectivity index (χ0) is 19.8. The van der Waals surface area contributed by atoms with Crippen LogP contribution >= 0.6 is 0 Å². The summed E-state index contributed by atoms with van der Waals surface area (Å²) in [4.78, 5) is 47.1. The lowest BCUT2D eigenvalue weighted by molar-refractivity contribution is -0.118. The molecule has 0 fully saturated rings. The van der Waals surface area contributed by atoms with Gasteiger partial charge in [-0.15, -0.1) is 0 Å². The van der Waals surface area contributed by atoms with E-state index in [0.717, 1.165) is 0 Å². The Balaban J connectivity index is 1.64. The molecule has 0 aliphatic carbocycles. The third-order valence-corrected chi connectivity index (χ3v) is 4.39. The van der Waals surface area contributed by atoms with Gasteiger partial charge in [0.1, 0.15) is 11.4 Å². The summed E-state index contributed by atoms with van der Waals surface area (Å²) in [6.45, 7) is -0.111. The van der Waals surface area contributed by atoms with Crippen molar-refractivity contribution in [3.8, 4) is 16.9 Å². The second-order valence-electron chi connectivity index (χ2n) is 6.15.